The van der Waals surface area contributed by atoms with Gasteiger partial charge in [-0.3, -0.25) is 4.79 Å². The molecule has 0 aromatic heterocycles. The number of carbonyl (C=O) groups excluding carboxylic acids is 2. The largest absolute Gasteiger partial charge is 0.490 e. The Bertz CT molecular complexity index is 596. The predicted molar refractivity (Wildman–Crippen MR) is 98.7 cm³/mol. The number of benzene rings is 1. The average Bonchev–Trinajstić information content (AvgIpc) is 3.14. The maximum Gasteiger partial charge on any atom is 0.338 e. The fraction of sp³-hybridized carbons (Fsp3) is 0.600. The molecule has 0 spiro atoms. The Morgan fingerprint density at radius 1 is 1.12 bits per heavy atom. The summed E-state index contributed by atoms with van der Waals surface area (Å²) in [7, 11) is 0. The molecule has 0 unspecified atom stereocenters. The van der Waals surface area contributed by atoms with E-state index in [9.17, 15) is 9.59 Å². The van der Waals surface area contributed by atoms with E-state index in [1.165, 1.54) is 0 Å². The molecule has 1 aliphatic rings. The van der Waals surface area contributed by atoms with Gasteiger partial charge in [0.05, 0.1) is 18.8 Å². The summed E-state index contributed by atoms with van der Waals surface area (Å²) in [6.45, 7) is 4.76. The van der Waals surface area contributed by atoms with Crippen molar-refractivity contribution >= 4 is 11.9 Å². The van der Waals surface area contributed by atoms with Crippen molar-refractivity contribution in [1.82, 2.24) is 5.32 Å². The zero-order valence-electron chi connectivity index (χ0n) is 15.7. The van der Waals surface area contributed by atoms with Crippen LogP contribution in [0.1, 0.15) is 62.7 Å². The molecule has 144 valence electrons. The van der Waals surface area contributed by atoms with Gasteiger partial charge < -0.3 is 19.5 Å². The first-order chi connectivity index (χ1) is 12.6. The molecule has 1 aromatic rings. The fourth-order valence-electron chi connectivity index (χ4n) is 2.90. The number of hydrogen-bond acceptors (Lipinski definition) is 5. The molecule has 0 atom stereocenters. The summed E-state index contributed by atoms with van der Waals surface area (Å²) in [5.41, 5.74) is 0.338. The lowest BCUT2D eigenvalue weighted by Gasteiger charge is -2.14. The number of carbonyl (C=O) groups is 2. The molecule has 1 amide bonds. The third-order valence-electron chi connectivity index (χ3n) is 4.29. The van der Waals surface area contributed by atoms with Gasteiger partial charge in [0, 0.05) is 6.04 Å². The Hall–Kier alpha value is -2.24. The van der Waals surface area contributed by atoms with Crippen LogP contribution in [0.2, 0.25) is 0 Å². The van der Waals surface area contributed by atoms with Crippen molar-refractivity contribution in [3.05, 3.63) is 23.8 Å². The van der Waals surface area contributed by atoms with E-state index in [-0.39, 0.29) is 18.6 Å². The number of nitrogens with one attached hydrogen (secondary N) is 1. The van der Waals surface area contributed by atoms with Gasteiger partial charge in [-0.1, -0.05) is 26.2 Å². The minimum atomic E-state index is -0.548. The highest BCUT2D eigenvalue weighted by Crippen LogP contribution is 2.29. The topological polar surface area (TPSA) is 73.9 Å². The molecular weight excluding hydrogens is 334 g/mol. The second-order valence-electron chi connectivity index (χ2n) is 6.42. The van der Waals surface area contributed by atoms with Crippen LogP contribution in [0, 0.1) is 0 Å². The number of rotatable bonds is 10. The van der Waals surface area contributed by atoms with Crippen molar-refractivity contribution in [2.24, 2.45) is 0 Å². The van der Waals surface area contributed by atoms with E-state index >= 15 is 0 Å². The molecule has 0 saturated heterocycles. The average molecular weight is 363 g/mol. The van der Waals surface area contributed by atoms with Crippen LogP contribution in [0.3, 0.4) is 0 Å². The highest BCUT2D eigenvalue weighted by molar-refractivity contribution is 5.92. The molecule has 0 aliphatic heterocycles. The minimum absolute atomic E-state index is 0.213. The summed E-state index contributed by atoms with van der Waals surface area (Å²) in [5.74, 6) is 0.312. The van der Waals surface area contributed by atoms with E-state index in [1.807, 2.05) is 6.92 Å². The quantitative estimate of drug-likeness (QED) is 0.509. The lowest BCUT2D eigenvalue weighted by atomic mass is 10.2. The molecule has 1 saturated carbocycles. The van der Waals surface area contributed by atoms with Crippen LogP contribution in [0.25, 0.3) is 0 Å². The summed E-state index contributed by atoms with van der Waals surface area (Å²) in [5, 5.41) is 2.89. The Morgan fingerprint density at radius 2 is 1.88 bits per heavy atom. The molecule has 1 N–H and O–H groups in total. The SMILES string of the molecule is CCCCOc1ccc(C(=O)OCC(=O)NC2CCCC2)cc1OCC. The Morgan fingerprint density at radius 3 is 2.58 bits per heavy atom. The van der Waals surface area contributed by atoms with Crippen LogP contribution in [0.15, 0.2) is 18.2 Å². The van der Waals surface area contributed by atoms with E-state index in [0.717, 1.165) is 38.5 Å². The van der Waals surface area contributed by atoms with Gasteiger partial charge in [-0.05, 0) is 44.4 Å². The molecular formula is C20H29NO5. The molecule has 6 heteroatoms. The van der Waals surface area contributed by atoms with Crippen LogP contribution in [0.5, 0.6) is 11.5 Å². The van der Waals surface area contributed by atoms with Gasteiger partial charge in [-0.15, -0.1) is 0 Å². The van der Waals surface area contributed by atoms with Gasteiger partial charge in [0.2, 0.25) is 0 Å². The van der Waals surface area contributed by atoms with Crippen molar-refractivity contribution in [1.29, 1.82) is 0 Å². The maximum atomic E-state index is 12.2. The standard InChI is InChI=1S/C20H29NO5/c1-3-5-12-25-17-11-10-15(13-18(17)24-4-2)20(23)26-14-19(22)21-16-8-6-7-9-16/h10-11,13,16H,3-9,12,14H2,1-2H3,(H,21,22). The van der Waals surface area contributed by atoms with E-state index in [2.05, 4.69) is 12.2 Å². The van der Waals surface area contributed by atoms with E-state index in [1.54, 1.807) is 18.2 Å². The summed E-state index contributed by atoms with van der Waals surface area (Å²) >= 11 is 0. The van der Waals surface area contributed by atoms with Crippen LogP contribution in [0.4, 0.5) is 0 Å². The van der Waals surface area contributed by atoms with Gasteiger partial charge in [0.15, 0.2) is 18.1 Å². The molecule has 0 radical (unpaired) electrons. The number of ether oxygens (including phenoxy) is 3. The fourth-order valence-corrected chi connectivity index (χ4v) is 2.90. The second-order valence-corrected chi connectivity index (χ2v) is 6.42. The van der Waals surface area contributed by atoms with E-state index in [0.29, 0.717) is 30.3 Å². The third kappa shape index (κ3) is 6.24. The van der Waals surface area contributed by atoms with Crippen LogP contribution in [-0.4, -0.2) is 37.7 Å². The number of unbranched alkanes of at least 4 members (excludes halogenated alkanes) is 1. The minimum Gasteiger partial charge on any atom is -0.490 e. The number of amides is 1. The maximum absolute atomic E-state index is 12.2. The van der Waals surface area contributed by atoms with Crippen molar-refractivity contribution in [2.45, 2.75) is 58.4 Å². The molecule has 26 heavy (non-hydrogen) atoms. The molecule has 6 nitrogen and oxygen atoms in total. The molecule has 1 aliphatic carbocycles. The Labute approximate surface area is 155 Å². The smallest absolute Gasteiger partial charge is 0.338 e. The van der Waals surface area contributed by atoms with Gasteiger partial charge in [0.1, 0.15) is 0 Å². The summed E-state index contributed by atoms with van der Waals surface area (Å²) < 4.78 is 16.4. The first-order valence-electron chi connectivity index (χ1n) is 9.50. The lowest BCUT2D eigenvalue weighted by molar-refractivity contribution is -0.124. The first-order valence-corrected chi connectivity index (χ1v) is 9.50. The zero-order valence-corrected chi connectivity index (χ0v) is 15.7. The summed E-state index contributed by atoms with van der Waals surface area (Å²) in [6, 6.07) is 5.14. The zero-order chi connectivity index (χ0) is 18.8. The number of esters is 1. The Balaban J connectivity index is 1.90. The normalized spacial score (nSPS) is 14.1. The molecule has 0 heterocycles. The first kappa shape index (κ1) is 20.1. The van der Waals surface area contributed by atoms with Gasteiger partial charge in [0.25, 0.3) is 5.91 Å². The molecule has 2 rings (SSSR count). The van der Waals surface area contributed by atoms with E-state index in [4.69, 9.17) is 14.2 Å². The monoisotopic (exact) mass is 363 g/mol. The number of hydrogen-bond donors (Lipinski definition) is 1. The van der Waals surface area contributed by atoms with Crippen molar-refractivity contribution in [2.75, 3.05) is 19.8 Å². The van der Waals surface area contributed by atoms with Crippen LogP contribution < -0.4 is 14.8 Å². The highest BCUT2D eigenvalue weighted by Gasteiger charge is 2.19. The van der Waals surface area contributed by atoms with Crippen molar-refractivity contribution in [3.63, 3.8) is 0 Å². The molecule has 0 bridgehead atoms. The van der Waals surface area contributed by atoms with Gasteiger partial charge >= 0.3 is 5.97 Å². The molecule has 1 fully saturated rings. The van der Waals surface area contributed by atoms with Crippen molar-refractivity contribution in [3.8, 4) is 11.5 Å². The van der Waals surface area contributed by atoms with Crippen LogP contribution in [-0.2, 0) is 9.53 Å². The van der Waals surface area contributed by atoms with Gasteiger partial charge in [-0.25, -0.2) is 4.79 Å². The third-order valence-corrected chi connectivity index (χ3v) is 4.29. The van der Waals surface area contributed by atoms with Crippen molar-refractivity contribution < 1.29 is 23.8 Å². The molecule has 1 aromatic carbocycles. The summed E-state index contributed by atoms with van der Waals surface area (Å²) in [4.78, 5) is 24.1. The highest BCUT2D eigenvalue weighted by atomic mass is 16.5. The van der Waals surface area contributed by atoms with Gasteiger partial charge in [-0.2, -0.15) is 0 Å². The van der Waals surface area contributed by atoms with Crippen LogP contribution >= 0.6 is 0 Å². The Kier molecular flexibility index (Phi) is 8.25. The summed E-state index contributed by atoms with van der Waals surface area (Å²) in [6.07, 6.45) is 6.26. The second kappa shape index (κ2) is 10.7. The van der Waals surface area contributed by atoms with E-state index < -0.39 is 5.97 Å². The predicted octanol–water partition coefficient (Wildman–Crippen LogP) is 3.48. The lowest BCUT2D eigenvalue weighted by Crippen LogP contribution is -2.35.